The van der Waals surface area contributed by atoms with Crippen molar-refractivity contribution >= 4 is 11.9 Å². The number of nitrogens with one attached hydrogen (secondary N) is 1. The van der Waals surface area contributed by atoms with Gasteiger partial charge in [0, 0.05) is 39.0 Å². The smallest absolute Gasteiger partial charge is 0.318 e. The summed E-state index contributed by atoms with van der Waals surface area (Å²) < 4.78 is 1.67. The lowest BCUT2D eigenvalue weighted by Gasteiger charge is -2.26. The van der Waals surface area contributed by atoms with E-state index in [4.69, 9.17) is 0 Å². The molecule has 1 unspecified atom stereocenters. The van der Waals surface area contributed by atoms with Gasteiger partial charge in [-0.15, -0.1) is 0 Å². The highest BCUT2D eigenvalue weighted by atomic mass is 16.2. The Bertz CT molecular complexity index is 975. The van der Waals surface area contributed by atoms with Crippen molar-refractivity contribution in [2.75, 3.05) is 27.2 Å². The Labute approximate surface area is 181 Å². The van der Waals surface area contributed by atoms with E-state index in [0.717, 1.165) is 16.9 Å². The van der Waals surface area contributed by atoms with Crippen LogP contribution < -0.4 is 5.32 Å². The second-order valence-electron chi connectivity index (χ2n) is 7.26. The molecule has 162 valence electrons. The van der Waals surface area contributed by atoms with Crippen molar-refractivity contribution in [3.8, 4) is 5.69 Å². The number of rotatable bonds is 8. The summed E-state index contributed by atoms with van der Waals surface area (Å²) in [5.74, 6) is -0.150. The number of urea groups is 1. The van der Waals surface area contributed by atoms with Crippen LogP contribution in [0.25, 0.3) is 5.69 Å². The van der Waals surface area contributed by atoms with Gasteiger partial charge in [-0.25, -0.2) is 14.5 Å². The third-order valence-electron chi connectivity index (χ3n) is 5.21. The lowest BCUT2D eigenvalue weighted by atomic mass is 10.1. The fraction of sp³-hybridized carbons (Fsp3) is 0.318. The predicted octanol–water partition coefficient (Wildman–Crippen LogP) is 2.07. The molecule has 0 radical (unpaired) electrons. The van der Waals surface area contributed by atoms with Crippen LogP contribution in [0, 0.1) is 0 Å². The summed E-state index contributed by atoms with van der Waals surface area (Å²) in [4.78, 5) is 36.2. The minimum absolute atomic E-state index is 0.0557. The van der Waals surface area contributed by atoms with Gasteiger partial charge in [-0.1, -0.05) is 18.2 Å². The Kier molecular flexibility index (Phi) is 7.31. The van der Waals surface area contributed by atoms with E-state index in [1.54, 1.807) is 41.1 Å². The van der Waals surface area contributed by atoms with Crippen LogP contribution in [-0.4, -0.2) is 68.7 Å². The van der Waals surface area contributed by atoms with E-state index in [2.05, 4.69) is 20.4 Å². The Morgan fingerprint density at radius 1 is 1.13 bits per heavy atom. The molecule has 0 bridgehead atoms. The molecule has 3 rings (SSSR count). The first-order chi connectivity index (χ1) is 15.0. The van der Waals surface area contributed by atoms with E-state index >= 15 is 0 Å². The molecule has 1 N–H and O–H groups in total. The normalized spacial score (nSPS) is 11.6. The first kappa shape index (κ1) is 21.9. The van der Waals surface area contributed by atoms with Crippen molar-refractivity contribution in [1.29, 1.82) is 0 Å². The van der Waals surface area contributed by atoms with E-state index in [-0.39, 0.29) is 24.5 Å². The summed E-state index contributed by atoms with van der Waals surface area (Å²) in [6.45, 7) is 2.42. The first-order valence-electron chi connectivity index (χ1n) is 10.0. The van der Waals surface area contributed by atoms with Crippen LogP contribution in [0.3, 0.4) is 0 Å². The SMILES string of the molecule is CC(c1ccc(-n2cncn2)cc1)N(C)C(=O)NCC(=O)N(C)CCc1ccccn1. The highest BCUT2D eigenvalue weighted by Crippen LogP contribution is 2.20. The molecule has 31 heavy (non-hydrogen) atoms. The Morgan fingerprint density at radius 3 is 2.55 bits per heavy atom. The summed E-state index contributed by atoms with van der Waals surface area (Å²) in [5.41, 5.74) is 2.79. The van der Waals surface area contributed by atoms with Gasteiger partial charge in [-0.2, -0.15) is 5.10 Å². The third-order valence-corrected chi connectivity index (χ3v) is 5.21. The van der Waals surface area contributed by atoms with Gasteiger partial charge in [0.1, 0.15) is 12.7 Å². The van der Waals surface area contributed by atoms with Gasteiger partial charge >= 0.3 is 6.03 Å². The lowest BCUT2D eigenvalue weighted by molar-refractivity contribution is -0.128. The van der Waals surface area contributed by atoms with Crippen molar-refractivity contribution < 1.29 is 9.59 Å². The van der Waals surface area contributed by atoms with Gasteiger partial charge in [0.25, 0.3) is 0 Å². The minimum atomic E-state index is -0.306. The van der Waals surface area contributed by atoms with Crippen LogP contribution in [0.4, 0.5) is 4.79 Å². The molecular formula is C22H27N7O2. The van der Waals surface area contributed by atoms with Crippen molar-refractivity contribution in [1.82, 2.24) is 34.9 Å². The topological polar surface area (TPSA) is 96.2 Å². The Balaban J connectivity index is 1.47. The summed E-state index contributed by atoms with van der Waals surface area (Å²) >= 11 is 0. The van der Waals surface area contributed by atoms with Gasteiger partial charge in [-0.05, 0) is 36.8 Å². The van der Waals surface area contributed by atoms with Crippen molar-refractivity contribution in [3.63, 3.8) is 0 Å². The van der Waals surface area contributed by atoms with Gasteiger partial charge in [-0.3, -0.25) is 9.78 Å². The molecule has 9 nitrogen and oxygen atoms in total. The standard InChI is InChI=1S/C22H27N7O2/c1-17(18-7-9-20(10-8-18)29-16-23-15-26-29)28(3)22(31)25-14-21(30)27(2)13-11-19-6-4-5-12-24-19/h4-10,12,15-17H,11,13-14H2,1-3H3,(H,25,31). The Morgan fingerprint density at radius 2 is 1.90 bits per heavy atom. The van der Waals surface area contributed by atoms with E-state index in [1.807, 2.05) is 49.4 Å². The summed E-state index contributed by atoms with van der Waals surface area (Å²) in [6.07, 6.45) is 5.50. The van der Waals surface area contributed by atoms with Crippen LogP contribution in [0.5, 0.6) is 0 Å². The number of carbonyl (C=O) groups is 2. The molecule has 0 aliphatic rings. The largest absolute Gasteiger partial charge is 0.344 e. The molecule has 1 atom stereocenters. The molecule has 2 heterocycles. The van der Waals surface area contributed by atoms with Crippen LogP contribution >= 0.6 is 0 Å². The number of amides is 3. The maximum absolute atomic E-state index is 12.5. The second kappa shape index (κ2) is 10.3. The number of hydrogen-bond acceptors (Lipinski definition) is 5. The zero-order valence-electron chi connectivity index (χ0n) is 18.0. The van der Waals surface area contributed by atoms with Crippen LogP contribution in [0.1, 0.15) is 24.2 Å². The van der Waals surface area contributed by atoms with Gasteiger partial charge < -0.3 is 15.1 Å². The first-order valence-corrected chi connectivity index (χ1v) is 10.0. The minimum Gasteiger partial charge on any atom is -0.344 e. The molecule has 9 heteroatoms. The summed E-state index contributed by atoms with van der Waals surface area (Å²) in [7, 11) is 3.43. The molecule has 1 aromatic carbocycles. The van der Waals surface area contributed by atoms with Crippen LogP contribution in [-0.2, 0) is 11.2 Å². The van der Waals surface area contributed by atoms with Gasteiger partial charge in [0.15, 0.2) is 0 Å². The highest BCUT2D eigenvalue weighted by molar-refractivity contribution is 5.84. The van der Waals surface area contributed by atoms with Gasteiger partial charge in [0.05, 0.1) is 18.3 Å². The maximum Gasteiger partial charge on any atom is 0.318 e. The van der Waals surface area contributed by atoms with Crippen molar-refractivity contribution in [3.05, 3.63) is 72.6 Å². The molecule has 3 aromatic rings. The predicted molar refractivity (Wildman–Crippen MR) is 117 cm³/mol. The number of hydrogen-bond donors (Lipinski definition) is 1. The zero-order valence-corrected chi connectivity index (χ0v) is 18.0. The number of carbonyl (C=O) groups excluding carboxylic acids is 2. The fourth-order valence-corrected chi connectivity index (χ4v) is 3.01. The van der Waals surface area contributed by atoms with E-state index < -0.39 is 0 Å². The number of pyridine rings is 1. The number of nitrogens with zero attached hydrogens (tertiary/aromatic N) is 6. The molecule has 0 aliphatic heterocycles. The molecule has 3 amide bonds. The monoisotopic (exact) mass is 421 g/mol. The van der Waals surface area contributed by atoms with Crippen molar-refractivity contribution in [2.24, 2.45) is 0 Å². The van der Waals surface area contributed by atoms with Gasteiger partial charge in [0.2, 0.25) is 5.91 Å². The molecule has 0 saturated heterocycles. The van der Waals surface area contributed by atoms with E-state index in [0.29, 0.717) is 13.0 Å². The molecule has 0 saturated carbocycles. The third kappa shape index (κ3) is 5.88. The summed E-state index contributed by atoms with van der Waals surface area (Å²) in [5, 5.41) is 6.80. The summed E-state index contributed by atoms with van der Waals surface area (Å²) in [6, 6.07) is 13.0. The molecule has 0 fully saturated rings. The quantitative estimate of drug-likeness (QED) is 0.601. The highest BCUT2D eigenvalue weighted by Gasteiger charge is 2.19. The number of benzene rings is 1. The molecule has 0 aliphatic carbocycles. The molecule has 0 spiro atoms. The second-order valence-corrected chi connectivity index (χ2v) is 7.26. The Hall–Kier alpha value is -3.75. The average Bonchev–Trinajstić information content (AvgIpc) is 3.35. The average molecular weight is 422 g/mol. The fourth-order valence-electron chi connectivity index (χ4n) is 3.01. The molecular weight excluding hydrogens is 394 g/mol. The zero-order chi connectivity index (χ0) is 22.2. The van der Waals surface area contributed by atoms with E-state index in [9.17, 15) is 9.59 Å². The van der Waals surface area contributed by atoms with Crippen LogP contribution in [0.2, 0.25) is 0 Å². The van der Waals surface area contributed by atoms with Crippen LogP contribution in [0.15, 0.2) is 61.3 Å². The van der Waals surface area contributed by atoms with Crippen molar-refractivity contribution in [2.45, 2.75) is 19.4 Å². The maximum atomic E-state index is 12.5. The number of aromatic nitrogens is 4. The molecule has 2 aromatic heterocycles. The van der Waals surface area contributed by atoms with E-state index in [1.165, 1.54) is 6.33 Å². The number of likely N-dealkylation sites (N-methyl/N-ethyl adjacent to an activating group) is 1. The lowest BCUT2D eigenvalue weighted by Crippen LogP contribution is -2.44.